The van der Waals surface area contributed by atoms with Gasteiger partial charge in [0.2, 0.25) is 5.91 Å². The lowest BCUT2D eigenvalue weighted by Gasteiger charge is -2.34. The van der Waals surface area contributed by atoms with Crippen LogP contribution in [0.15, 0.2) is 12.2 Å². The van der Waals surface area contributed by atoms with Crippen molar-refractivity contribution in [2.24, 2.45) is 11.3 Å². The minimum absolute atomic E-state index is 0.0198. The second kappa shape index (κ2) is 4.09. The van der Waals surface area contributed by atoms with Crippen molar-refractivity contribution in [3.63, 3.8) is 0 Å². The molecular weight excluding hydrogens is 270 g/mol. The Kier molecular flexibility index (Phi) is 2.60. The van der Waals surface area contributed by atoms with Gasteiger partial charge in [-0.1, -0.05) is 31.4 Å². The fraction of sp³-hybridized carbons (Fsp3) is 0.750. The van der Waals surface area contributed by atoms with Gasteiger partial charge in [0, 0.05) is 6.04 Å². The molecule has 5 heteroatoms. The maximum Gasteiger partial charge on any atom is 0.310 e. The molecule has 3 heterocycles. The van der Waals surface area contributed by atoms with E-state index in [2.05, 4.69) is 0 Å². The Morgan fingerprint density at radius 1 is 1.38 bits per heavy atom. The molecule has 3 aliphatic heterocycles. The van der Waals surface area contributed by atoms with Gasteiger partial charge in [-0.05, 0) is 19.8 Å². The van der Waals surface area contributed by atoms with E-state index in [-0.39, 0.29) is 11.9 Å². The fourth-order valence-corrected chi connectivity index (χ4v) is 4.90. The van der Waals surface area contributed by atoms with E-state index >= 15 is 0 Å². The molecule has 4 atom stereocenters. The number of carboxylic acids is 1. The molecule has 114 valence electrons. The highest BCUT2D eigenvalue weighted by Gasteiger charge is 2.75. The Hall–Kier alpha value is -1.36. The van der Waals surface area contributed by atoms with E-state index in [9.17, 15) is 14.7 Å². The first-order chi connectivity index (χ1) is 9.99. The molecule has 4 rings (SSSR count). The van der Waals surface area contributed by atoms with Gasteiger partial charge in [0.1, 0.15) is 11.5 Å². The lowest BCUT2D eigenvalue weighted by Crippen LogP contribution is -2.50. The lowest BCUT2D eigenvalue weighted by atomic mass is 9.65. The van der Waals surface area contributed by atoms with Crippen LogP contribution in [0.2, 0.25) is 0 Å². The predicted molar refractivity (Wildman–Crippen MR) is 74.6 cm³/mol. The van der Waals surface area contributed by atoms with Gasteiger partial charge in [0.05, 0.1) is 18.1 Å². The van der Waals surface area contributed by atoms with Crippen molar-refractivity contribution in [3.8, 4) is 0 Å². The summed E-state index contributed by atoms with van der Waals surface area (Å²) in [5.74, 6) is -1.70. The summed E-state index contributed by atoms with van der Waals surface area (Å²) >= 11 is 0. The maximum atomic E-state index is 13.1. The zero-order valence-electron chi connectivity index (χ0n) is 12.2. The quantitative estimate of drug-likeness (QED) is 0.784. The number of rotatable bonds is 2. The summed E-state index contributed by atoms with van der Waals surface area (Å²) in [4.78, 5) is 26.7. The number of ether oxygens (including phenoxy) is 1. The fourth-order valence-electron chi connectivity index (χ4n) is 4.90. The third kappa shape index (κ3) is 1.45. The van der Waals surface area contributed by atoms with Gasteiger partial charge in [-0.2, -0.15) is 0 Å². The molecule has 0 aromatic carbocycles. The van der Waals surface area contributed by atoms with E-state index in [0.717, 1.165) is 25.7 Å². The molecule has 1 aliphatic carbocycles. The number of hydrogen-bond donors (Lipinski definition) is 1. The first-order valence-electron chi connectivity index (χ1n) is 7.91. The number of carbonyl (C=O) groups excluding carboxylic acids is 1. The zero-order valence-corrected chi connectivity index (χ0v) is 12.2. The van der Waals surface area contributed by atoms with E-state index < -0.39 is 29.0 Å². The van der Waals surface area contributed by atoms with Crippen LogP contribution in [0.3, 0.4) is 0 Å². The van der Waals surface area contributed by atoms with Crippen molar-refractivity contribution in [3.05, 3.63) is 12.2 Å². The molecule has 1 amide bonds. The molecule has 0 radical (unpaired) electrons. The van der Waals surface area contributed by atoms with Crippen LogP contribution in [0.1, 0.15) is 39.0 Å². The molecule has 1 saturated carbocycles. The van der Waals surface area contributed by atoms with E-state index in [1.54, 1.807) is 6.92 Å². The van der Waals surface area contributed by atoms with Gasteiger partial charge < -0.3 is 14.7 Å². The van der Waals surface area contributed by atoms with Crippen LogP contribution in [0, 0.1) is 11.3 Å². The summed E-state index contributed by atoms with van der Waals surface area (Å²) in [6, 6.07) is 0.258. The summed E-state index contributed by atoms with van der Waals surface area (Å²) in [5.41, 5.74) is -1.68. The zero-order chi connectivity index (χ0) is 14.8. The molecule has 4 aliphatic rings. The number of aliphatic carboxylic acids is 1. The molecule has 0 aromatic rings. The average molecular weight is 291 g/mol. The topological polar surface area (TPSA) is 66.8 Å². The molecular formula is C16H21NO4. The Labute approximate surface area is 123 Å². The number of amides is 1. The normalized spacial score (nSPS) is 45.4. The first-order valence-corrected chi connectivity index (χ1v) is 7.91. The lowest BCUT2D eigenvalue weighted by molar-refractivity contribution is -0.153. The third-order valence-corrected chi connectivity index (χ3v) is 6.12. The molecule has 3 fully saturated rings. The summed E-state index contributed by atoms with van der Waals surface area (Å²) in [7, 11) is 0. The highest BCUT2D eigenvalue weighted by atomic mass is 16.5. The van der Waals surface area contributed by atoms with Crippen molar-refractivity contribution in [1.29, 1.82) is 0 Å². The number of carbonyl (C=O) groups is 2. The van der Waals surface area contributed by atoms with E-state index in [4.69, 9.17) is 4.74 Å². The molecule has 0 aromatic heterocycles. The minimum atomic E-state index is -0.949. The Bertz CT molecular complexity index is 538. The van der Waals surface area contributed by atoms with Gasteiger partial charge in [-0.3, -0.25) is 9.59 Å². The molecule has 5 nitrogen and oxygen atoms in total. The van der Waals surface area contributed by atoms with Crippen molar-refractivity contribution < 1.29 is 19.4 Å². The van der Waals surface area contributed by atoms with Crippen LogP contribution in [0.5, 0.6) is 0 Å². The van der Waals surface area contributed by atoms with Gasteiger partial charge in [-0.25, -0.2) is 0 Å². The highest BCUT2D eigenvalue weighted by molar-refractivity contribution is 5.94. The van der Waals surface area contributed by atoms with Gasteiger partial charge >= 0.3 is 5.97 Å². The van der Waals surface area contributed by atoms with Crippen LogP contribution < -0.4 is 0 Å². The molecule has 21 heavy (non-hydrogen) atoms. The first kappa shape index (κ1) is 13.3. The Morgan fingerprint density at radius 3 is 2.76 bits per heavy atom. The van der Waals surface area contributed by atoms with Crippen LogP contribution in [0.25, 0.3) is 0 Å². The van der Waals surface area contributed by atoms with Crippen LogP contribution in [0.4, 0.5) is 0 Å². The minimum Gasteiger partial charge on any atom is -0.481 e. The summed E-state index contributed by atoms with van der Waals surface area (Å²) in [5, 5.41) is 9.57. The van der Waals surface area contributed by atoms with Crippen molar-refractivity contribution >= 4 is 11.9 Å². The van der Waals surface area contributed by atoms with Crippen LogP contribution in [-0.2, 0) is 14.3 Å². The number of fused-ring (bicyclic) bond motifs is 1. The SMILES string of the molecule is C[C@]12C(=O)N(C3CCCCC3)C[C@@]13C=C[C@H](O3)[C@H]2C(=O)O. The number of likely N-dealkylation sites (tertiary alicyclic amines) is 1. The Morgan fingerprint density at radius 2 is 2.10 bits per heavy atom. The summed E-state index contributed by atoms with van der Waals surface area (Å²) in [6.45, 7) is 2.31. The van der Waals surface area contributed by atoms with E-state index in [1.165, 1.54) is 6.42 Å². The monoisotopic (exact) mass is 291 g/mol. The van der Waals surface area contributed by atoms with Crippen LogP contribution >= 0.6 is 0 Å². The highest BCUT2D eigenvalue weighted by Crippen LogP contribution is 2.60. The van der Waals surface area contributed by atoms with Gasteiger partial charge in [-0.15, -0.1) is 0 Å². The predicted octanol–water partition coefficient (Wildman–Crippen LogP) is 1.58. The van der Waals surface area contributed by atoms with E-state index in [0.29, 0.717) is 6.54 Å². The summed E-state index contributed by atoms with van der Waals surface area (Å²) < 4.78 is 6.00. The number of carboxylic acid groups (broad SMARTS) is 1. The van der Waals surface area contributed by atoms with Crippen molar-refractivity contribution in [2.75, 3.05) is 6.54 Å². The van der Waals surface area contributed by atoms with Crippen molar-refractivity contribution in [2.45, 2.75) is 56.8 Å². The smallest absolute Gasteiger partial charge is 0.310 e. The Balaban J connectivity index is 1.72. The standard InChI is InChI=1S/C16H21NO4/c1-15-12(13(18)19)11-7-8-16(15,21-11)9-17(14(15)20)10-5-3-2-4-6-10/h7-8,10-12H,2-6,9H2,1H3,(H,18,19)/t11-,12-,15-,16-/m0/s1. The molecule has 1 spiro atoms. The molecule has 2 saturated heterocycles. The van der Waals surface area contributed by atoms with Crippen LogP contribution in [-0.4, -0.2) is 46.2 Å². The molecule has 2 bridgehead atoms. The number of hydrogen-bond acceptors (Lipinski definition) is 3. The second-order valence-corrected chi connectivity index (χ2v) is 7.07. The number of nitrogens with zero attached hydrogens (tertiary/aromatic N) is 1. The van der Waals surface area contributed by atoms with Gasteiger partial charge in [0.25, 0.3) is 0 Å². The largest absolute Gasteiger partial charge is 0.481 e. The molecule has 1 N–H and O–H groups in total. The third-order valence-electron chi connectivity index (χ3n) is 6.12. The molecule has 0 unspecified atom stereocenters. The second-order valence-electron chi connectivity index (χ2n) is 7.07. The maximum absolute atomic E-state index is 13.1. The summed E-state index contributed by atoms with van der Waals surface area (Å²) in [6.07, 6.45) is 8.92. The average Bonchev–Trinajstić information content (AvgIpc) is 3.05. The van der Waals surface area contributed by atoms with Gasteiger partial charge in [0.15, 0.2) is 0 Å². The van der Waals surface area contributed by atoms with Crippen molar-refractivity contribution in [1.82, 2.24) is 4.90 Å². The van der Waals surface area contributed by atoms with E-state index in [1.807, 2.05) is 17.1 Å².